The fourth-order valence-electron chi connectivity index (χ4n) is 2.94. The Morgan fingerprint density at radius 1 is 1.17 bits per heavy atom. The van der Waals surface area contributed by atoms with E-state index in [4.69, 9.17) is 4.74 Å². The normalized spacial score (nSPS) is 15.3. The summed E-state index contributed by atoms with van der Waals surface area (Å²) in [5.74, 6) is 1.05. The Hall–Kier alpha value is -1.55. The molecule has 4 heteroatoms. The smallest absolute Gasteiger partial charge is 0.220 e. The van der Waals surface area contributed by atoms with Crippen molar-refractivity contribution in [3.63, 3.8) is 0 Å². The first-order valence-electron chi connectivity index (χ1n) is 8.93. The topological polar surface area (TPSA) is 41.6 Å². The zero-order chi connectivity index (χ0) is 16.3. The van der Waals surface area contributed by atoms with Crippen molar-refractivity contribution in [2.24, 2.45) is 0 Å². The van der Waals surface area contributed by atoms with E-state index in [-0.39, 0.29) is 5.91 Å². The maximum Gasteiger partial charge on any atom is 0.220 e. The molecule has 1 N–H and O–H groups in total. The van der Waals surface area contributed by atoms with E-state index in [9.17, 15) is 4.79 Å². The van der Waals surface area contributed by atoms with Crippen molar-refractivity contribution in [3.8, 4) is 5.75 Å². The number of benzene rings is 1. The lowest BCUT2D eigenvalue weighted by Crippen LogP contribution is -2.33. The molecule has 1 aromatic carbocycles. The van der Waals surface area contributed by atoms with Gasteiger partial charge in [-0.15, -0.1) is 0 Å². The summed E-state index contributed by atoms with van der Waals surface area (Å²) in [6.45, 7) is 6.97. The lowest BCUT2D eigenvalue weighted by Gasteiger charge is -2.26. The lowest BCUT2D eigenvalue weighted by atomic mass is 10.1. The van der Waals surface area contributed by atoms with Gasteiger partial charge in [-0.2, -0.15) is 0 Å². The number of ether oxygens (including phenoxy) is 1. The number of piperidine rings is 1. The lowest BCUT2D eigenvalue weighted by molar-refractivity contribution is -0.121. The van der Waals surface area contributed by atoms with Gasteiger partial charge in [-0.05, 0) is 63.9 Å². The van der Waals surface area contributed by atoms with Crippen LogP contribution in [0.3, 0.4) is 0 Å². The number of carbonyl (C=O) groups excluding carboxylic acids is 1. The van der Waals surface area contributed by atoms with Crippen LogP contribution < -0.4 is 10.1 Å². The Bertz CT molecular complexity index is 470. The number of carbonyl (C=O) groups is 1. The van der Waals surface area contributed by atoms with Crippen LogP contribution in [0.4, 0.5) is 0 Å². The number of nitrogens with zero attached hydrogens (tertiary/aromatic N) is 1. The second-order valence-corrected chi connectivity index (χ2v) is 6.32. The molecule has 0 radical (unpaired) electrons. The third-order valence-electron chi connectivity index (χ3n) is 4.32. The summed E-state index contributed by atoms with van der Waals surface area (Å²) < 4.78 is 5.71. The number of para-hydroxylation sites is 1. The average Bonchev–Trinajstić information content (AvgIpc) is 2.58. The zero-order valence-corrected chi connectivity index (χ0v) is 14.4. The minimum Gasteiger partial charge on any atom is -0.493 e. The van der Waals surface area contributed by atoms with Crippen molar-refractivity contribution in [1.82, 2.24) is 10.2 Å². The molecule has 0 unspecified atom stereocenters. The summed E-state index contributed by atoms with van der Waals surface area (Å²) in [6.07, 6.45) is 6.37. The molecule has 1 fully saturated rings. The molecule has 0 atom stereocenters. The van der Waals surface area contributed by atoms with Gasteiger partial charge in [-0.1, -0.05) is 24.6 Å². The van der Waals surface area contributed by atoms with Gasteiger partial charge in [0.15, 0.2) is 0 Å². The Labute approximate surface area is 140 Å². The summed E-state index contributed by atoms with van der Waals surface area (Å²) in [6, 6.07) is 7.97. The van der Waals surface area contributed by atoms with E-state index < -0.39 is 0 Å². The molecule has 2 rings (SSSR count). The van der Waals surface area contributed by atoms with E-state index in [1.807, 2.05) is 31.2 Å². The fraction of sp³-hybridized carbons (Fsp3) is 0.632. The Balaban J connectivity index is 1.47. The van der Waals surface area contributed by atoms with Crippen LogP contribution in [0.15, 0.2) is 24.3 Å². The fourth-order valence-corrected chi connectivity index (χ4v) is 2.94. The summed E-state index contributed by atoms with van der Waals surface area (Å²) in [4.78, 5) is 14.3. The largest absolute Gasteiger partial charge is 0.493 e. The first kappa shape index (κ1) is 17.8. The number of amides is 1. The average molecular weight is 318 g/mol. The monoisotopic (exact) mass is 318 g/mol. The quantitative estimate of drug-likeness (QED) is 0.711. The molecule has 0 aromatic heterocycles. The van der Waals surface area contributed by atoms with Gasteiger partial charge in [-0.25, -0.2) is 0 Å². The summed E-state index contributed by atoms with van der Waals surface area (Å²) in [7, 11) is 0. The highest BCUT2D eigenvalue weighted by atomic mass is 16.5. The molecular formula is C19H30N2O2. The Morgan fingerprint density at radius 3 is 2.74 bits per heavy atom. The van der Waals surface area contributed by atoms with Crippen LogP contribution in [0.25, 0.3) is 0 Å². The summed E-state index contributed by atoms with van der Waals surface area (Å²) >= 11 is 0. The predicted molar refractivity (Wildman–Crippen MR) is 93.8 cm³/mol. The number of rotatable bonds is 9. The standard InChI is InChI=1S/C19H30N2O2/c1-17-9-3-4-10-18(17)23-16-7-11-19(22)20-12-8-15-21-13-5-2-6-14-21/h3-4,9-10H,2,5-8,11-16H2,1H3,(H,20,22). The second-order valence-electron chi connectivity index (χ2n) is 6.32. The van der Waals surface area contributed by atoms with Crippen LogP contribution in [-0.2, 0) is 4.79 Å². The van der Waals surface area contributed by atoms with Crippen LogP contribution in [0.2, 0.25) is 0 Å². The highest BCUT2D eigenvalue weighted by Gasteiger charge is 2.09. The van der Waals surface area contributed by atoms with E-state index in [2.05, 4.69) is 10.2 Å². The summed E-state index contributed by atoms with van der Waals surface area (Å²) in [5.41, 5.74) is 1.13. The number of nitrogens with one attached hydrogen (secondary N) is 1. The van der Waals surface area contributed by atoms with E-state index in [0.717, 1.165) is 37.2 Å². The van der Waals surface area contributed by atoms with Crippen molar-refractivity contribution < 1.29 is 9.53 Å². The molecule has 1 aliphatic rings. The molecule has 23 heavy (non-hydrogen) atoms. The number of aryl methyl sites for hydroxylation is 1. The summed E-state index contributed by atoms with van der Waals surface area (Å²) in [5, 5.41) is 3.01. The van der Waals surface area contributed by atoms with Crippen molar-refractivity contribution in [1.29, 1.82) is 0 Å². The predicted octanol–water partition coefficient (Wildman–Crippen LogP) is 3.15. The molecule has 128 valence electrons. The molecule has 0 spiro atoms. The maximum atomic E-state index is 11.8. The molecule has 0 aliphatic carbocycles. The molecule has 0 bridgehead atoms. The van der Waals surface area contributed by atoms with E-state index in [1.165, 1.54) is 32.4 Å². The number of likely N-dealkylation sites (tertiary alicyclic amines) is 1. The third kappa shape index (κ3) is 7.04. The molecule has 0 saturated carbocycles. The van der Waals surface area contributed by atoms with E-state index in [0.29, 0.717) is 13.0 Å². The van der Waals surface area contributed by atoms with Crippen molar-refractivity contribution in [2.45, 2.75) is 45.4 Å². The first-order chi connectivity index (χ1) is 11.3. The van der Waals surface area contributed by atoms with Crippen molar-refractivity contribution >= 4 is 5.91 Å². The van der Waals surface area contributed by atoms with Crippen molar-refractivity contribution in [3.05, 3.63) is 29.8 Å². The van der Waals surface area contributed by atoms with E-state index in [1.54, 1.807) is 0 Å². The van der Waals surface area contributed by atoms with Gasteiger partial charge in [0.2, 0.25) is 5.91 Å². The Morgan fingerprint density at radius 2 is 1.96 bits per heavy atom. The van der Waals surface area contributed by atoms with Gasteiger partial charge >= 0.3 is 0 Å². The Kier molecular flexibility index (Phi) is 7.95. The molecule has 1 aromatic rings. The van der Waals surface area contributed by atoms with Gasteiger partial charge in [0.1, 0.15) is 5.75 Å². The van der Waals surface area contributed by atoms with Crippen LogP contribution in [-0.4, -0.2) is 43.6 Å². The van der Waals surface area contributed by atoms with Crippen LogP contribution in [0.1, 0.15) is 44.1 Å². The highest BCUT2D eigenvalue weighted by Crippen LogP contribution is 2.16. The maximum absolute atomic E-state index is 11.8. The molecular weight excluding hydrogens is 288 g/mol. The molecule has 1 heterocycles. The van der Waals surface area contributed by atoms with Gasteiger partial charge in [0, 0.05) is 13.0 Å². The van der Waals surface area contributed by atoms with Crippen molar-refractivity contribution in [2.75, 3.05) is 32.8 Å². The number of hydrogen-bond donors (Lipinski definition) is 1. The molecule has 4 nitrogen and oxygen atoms in total. The van der Waals surface area contributed by atoms with Gasteiger partial charge in [-0.3, -0.25) is 4.79 Å². The van der Waals surface area contributed by atoms with Crippen LogP contribution in [0, 0.1) is 6.92 Å². The van der Waals surface area contributed by atoms with E-state index >= 15 is 0 Å². The first-order valence-corrected chi connectivity index (χ1v) is 8.93. The van der Waals surface area contributed by atoms with Gasteiger partial charge in [0.05, 0.1) is 6.61 Å². The molecule has 1 amide bonds. The molecule has 1 saturated heterocycles. The highest BCUT2D eigenvalue weighted by molar-refractivity contribution is 5.75. The van der Waals surface area contributed by atoms with Crippen LogP contribution in [0.5, 0.6) is 5.75 Å². The zero-order valence-electron chi connectivity index (χ0n) is 14.4. The molecule has 1 aliphatic heterocycles. The number of hydrogen-bond acceptors (Lipinski definition) is 3. The minimum absolute atomic E-state index is 0.136. The van der Waals surface area contributed by atoms with Gasteiger partial charge in [0.25, 0.3) is 0 Å². The van der Waals surface area contributed by atoms with Crippen LogP contribution >= 0.6 is 0 Å². The van der Waals surface area contributed by atoms with Gasteiger partial charge < -0.3 is 15.0 Å². The second kappa shape index (κ2) is 10.3. The SMILES string of the molecule is Cc1ccccc1OCCCC(=O)NCCCN1CCCCC1. The minimum atomic E-state index is 0.136. The third-order valence-corrected chi connectivity index (χ3v) is 4.32.